The summed E-state index contributed by atoms with van der Waals surface area (Å²) in [5.41, 5.74) is 5.07. The maximum Gasteiger partial charge on any atom is 0.154 e. The van der Waals surface area contributed by atoms with Crippen LogP contribution in [0, 0.1) is 5.92 Å². The van der Waals surface area contributed by atoms with Gasteiger partial charge in [-0.3, -0.25) is 9.78 Å². The minimum atomic E-state index is -0.121. The van der Waals surface area contributed by atoms with Crippen LogP contribution in [0.5, 0.6) is 5.75 Å². The summed E-state index contributed by atoms with van der Waals surface area (Å²) in [7, 11) is 4.27. The molecule has 5 rings (SSSR count). The number of nitrogens with one attached hydrogen (secondary N) is 1. The Balaban J connectivity index is 1.55. The Hall–Kier alpha value is -2.34. The van der Waals surface area contributed by atoms with Crippen LogP contribution >= 0.6 is 23.2 Å². The van der Waals surface area contributed by atoms with Crippen LogP contribution < -0.4 is 5.32 Å². The molecule has 0 spiro atoms. The molecule has 1 aromatic heterocycles. The molecule has 2 aliphatic rings. The Bertz CT molecular complexity index is 1240. The van der Waals surface area contributed by atoms with E-state index in [-0.39, 0.29) is 15.8 Å². The van der Waals surface area contributed by atoms with Gasteiger partial charge in [-0.2, -0.15) is 0 Å². The number of halogens is 2. The van der Waals surface area contributed by atoms with Crippen molar-refractivity contribution in [2.24, 2.45) is 5.92 Å². The van der Waals surface area contributed by atoms with Crippen molar-refractivity contribution in [3.05, 3.63) is 51.6 Å². The topological polar surface area (TPSA) is 65.5 Å². The van der Waals surface area contributed by atoms with Gasteiger partial charge in [-0.25, -0.2) is 0 Å². The average molecular weight is 512 g/mol. The van der Waals surface area contributed by atoms with Gasteiger partial charge < -0.3 is 15.3 Å². The third-order valence-corrected chi connectivity index (χ3v) is 7.88. The van der Waals surface area contributed by atoms with Crippen LogP contribution in [0.3, 0.4) is 0 Å². The van der Waals surface area contributed by atoms with Crippen LogP contribution in [-0.2, 0) is 0 Å². The Morgan fingerprint density at radius 1 is 1.03 bits per heavy atom. The summed E-state index contributed by atoms with van der Waals surface area (Å²) >= 11 is 12.4. The van der Waals surface area contributed by atoms with E-state index < -0.39 is 0 Å². The van der Waals surface area contributed by atoms with Crippen LogP contribution in [0.15, 0.2) is 30.3 Å². The molecule has 1 heterocycles. The third-order valence-electron chi connectivity index (χ3n) is 7.30. The van der Waals surface area contributed by atoms with Crippen molar-refractivity contribution in [3.63, 3.8) is 0 Å². The van der Waals surface area contributed by atoms with E-state index in [4.69, 9.17) is 28.2 Å². The first-order valence-corrected chi connectivity index (χ1v) is 13.1. The standard InChI is InChI=1S/C28H31Cl2N3O2/c1-33(2)14-16-3-8-20(9-4-16)31-27-21-11-18(19-12-23(29)28(35)24(30)13-19)7-10-25(21)32-26(17-5-6-17)22(27)15-34/h7,10-13,15-17,20,35H,3-6,8-9,14H2,1-2H3,(H,31,32)/t16-,20-. The van der Waals surface area contributed by atoms with Gasteiger partial charge in [-0.1, -0.05) is 29.3 Å². The number of phenols is 1. The number of hydrogen-bond acceptors (Lipinski definition) is 5. The van der Waals surface area contributed by atoms with Crippen molar-refractivity contribution in [1.29, 1.82) is 0 Å². The molecule has 7 heteroatoms. The van der Waals surface area contributed by atoms with Crippen LogP contribution in [0.1, 0.15) is 60.5 Å². The zero-order valence-corrected chi connectivity index (χ0v) is 21.7. The van der Waals surface area contributed by atoms with Gasteiger partial charge in [0.25, 0.3) is 0 Å². The normalized spacial score (nSPS) is 20.4. The van der Waals surface area contributed by atoms with Gasteiger partial charge in [-0.05, 0) is 93.9 Å². The Morgan fingerprint density at radius 2 is 1.71 bits per heavy atom. The highest BCUT2D eigenvalue weighted by Crippen LogP contribution is 2.45. The summed E-state index contributed by atoms with van der Waals surface area (Å²) in [5.74, 6) is 0.967. The lowest BCUT2D eigenvalue weighted by molar-refractivity contribution is 0.112. The van der Waals surface area contributed by atoms with Gasteiger partial charge in [-0.15, -0.1) is 0 Å². The maximum absolute atomic E-state index is 12.4. The lowest BCUT2D eigenvalue weighted by Crippen LogP contribution is -2.31. The summed E-state index contributed by atoms with van der Waals surface area (Å²) in [6.07, 6.45) is 7.67. The average Bonchev–Trinajstić information content (AvgIpc) is 3.68. The van der Waals surface area contributed by atoms with E-state index in [1.807, 2.05) is 18.2 Å². The number of fused-ring (bicyclic) bond motifs is 1. The summed E-state index contributed by atoms with van der Waals surface area (Å²) in [5, 5.41) is 15.1. The van der Waals surface area contributed by atoms with Gasteiger partial charge in [0.05, 0.1) is 32.5 Å². The highest BCUT2D eigenvalue weighted by Gasteiger charge is 2.31. The van der Waals surface area contributed by atoms with Gasteiger partial charge >= 0.3 is 0 Å². The van der Waals surface area contributed by atoms with Gasteiger partial charge in [0.15, 0.2) is 12.0 Å². The van der Waals surface area contributed by atoms with E-state index >= 15 is 0 Å². The summed E-state index contributed by atoms with van der Waals surface area (Å²) in [4.78, 5) is 19.6. The summed E-state index contributed by atoms with van der Waals surface area (Å²) < 4.78 is 0. The smallest absolute Gasteiger partial charge is 0.154 e. The van der Waals surface area contributed by atoms with Crippen molar-refractivity contribution in [2.45, 2.75) is 50.5 Å². The molecule has 0 bridgehead atoms. The molecular weight excluding hydrogens is 481 g/mol. The highest BCUT2D eigenvalue weighted by atomic mass is 35.5. The second-order valence-corrected chi connectivity index (χ2v) is 11.1. The lowest BCUT2D eigenvalue weighted by Gasteiger charge is -2.32. The Kier molecular flexibility index (Phi) is 6.93. The molecule has 2 aromatic carbocycles. The van der Waals surface area contributed by atoms with Gasteiger partial charge in [0.1, 0.15) is 0 Å². The van der Waals surface area contributed by atoms with Crippen LogP contribution in [-0.4, -0.2) is 48.0 Å². The molecule has 5 nitrogen and oxygen atoms in total. The molecule has 0 saturated heterocycles. The van der Waals surface area contributed by atoms with E-state index in [2.05, 4.69) is 24.3 Å². The van der Waals surface area contributed by atoms with E-state index in [9.17, 15) is 9.90 Å². The van der Waals surface area contributed by atoms with E-state index in [0.717, 1.165) is 77.8 Å². The number of hydrogen-bond donors (Lipinski definition) is 2. The van der Waals surface area contributed by atoms with E-state index in [0.29, 0.717) is 17.5 Å². The number of aldehydes is 1. The molecule has 0 radical (unpaired) electrons. The van der Waals surface area contributed by atoms with Crippen molar-refractivity contribution in [1.82, 2.24) is 9.88 Å². The number of carbonyl (C=O) groups excluding carboxylic acids is 1. The third kappa shape index (κ3) is 5.13. The van der Waals surface area contributed by atoms with Crippen LogP contribution in [0.4, 0.5) is 5.69 Å². The fourth-order valence-corrected chi connectivity index (χ4v) is 5.85. The predicted octanol–water partition coefficient (Wildman–Crippen LogP) is 7.14. The largest absolute Gasteiger partial charge is 0.505 e. The Morgan fingerprint density at radius 3 is 2.31 bits per heavy atom. The number of aromatic nitrogens is 1. The second-order valence-electron chi connectivity index (χ2n) is 10.3. The molecule has 0 aliphatic heterocycles. The highest BCUT2D eigenvalue weighted by molar-refractivity contribution is 6.37. The van der Waals surface area contributed by atoms with Crippen molar-refractivity contribution in [2.75, 3.05) is 26.0 Å². The van der Waals surface area contributed by atoms with E-state index in [1.165, 1.54) is 12.8 Å². The van der Waals surface area contributed by atoms with Crippen molar-refractivity contribution < 1.29 is 9.90 Å². The first-order valence-electron chi connectivity index (χ1n) is 12.4. The zero-order valence-electron chi connectivity index (χ0n) is 20.2. The number of aromatic hydroxyl groups is 1. The molecule has 0 amide bonds. The molecule has 0 unspecified atom stereocenters. The number of benzene rings is 2. The quantitative estimate of drug-likeness (QED) is 0.330. The minimum absolute atomic E-state index is 0.121. The number of nitrogens with zero attached hydrogens (tertiary/aromatic N) is 2. The fraction of sp³-hybridized carbons (Fsp3) is 0.429. The molecule has 2 N–H and O–H groups in total. The number of anilines is 1. The number of phenolic OH excluding ortho intramolecular Hbond substituents is 1. The van der Waals surface area contributed by atoms with Crippen molar-refractivity contribution >= 4 is 46.1 Å². The first-order chi connectivity index (χ1) is 16.8. The lowest BCUT2D eigenvalue weighted by atomic mass is 9.85. The molecule has 2 aliphatic carbocycles. The van der Waals surface area contributed by atoms with E-state index in [1.54, 1.807) is 12.1 Å². The maximum atomic E-state index is 12.4. The van der Waals surface area contributed by atoms with Crippen LogP contribution in [0.2, 0.25) is 10.0 Å². The minimum Gasteiger partial charge on any atom is -0.505 e. The van der Waals surface area contributed by atoms with Crippen molar-refractivity contribution in [3.8, 4) is 16.9 Å². The fourth-order valence-electron chi connectivity index (χ4n) is 5.36. The monoisotopic (exact) mass is 511 g/mol. The second kappa shape index (κ2) is 9.96. The molecule has 3 aromatic rings. The first kappa shape index (κ1) is 24.4. The van der Waals surface area contributed by atoms with Gasteiger partial charge in [0, 0.05) is 23.9 Å². The number of pyridine rings is 1. The summed E-state index contributed by atoms with van der Waals surface area (Å²) in [6, 6.07) is 9.77. The SMILES string of the molecule is CN(C)C[C@H]1CC[C@H](Nc2c(C=O)c(C3CC3)nc3ccc(-c4cc(Cl)c(O)c(Cl)c4)cc23)CC1. The molecule has 0 atom stereocenters. The van der Waals surface area contributed by atoms with Gasteiger partial charge in [0.2, 0.25) is 0 Å². The molecular formula is C28H31Cl2N3O2. The molecule has 35 heavy (non-hydrogen) atoms. The molecule has 2 saturated carbocycles. The number of rotatable bonds is 7. The Labute approximate surface area is 216 Å². The molecule has 2 fully saturated rings. The summed E-state index contributed by atoms with van der Waals surface area (Å²) in [6.45, 7) is 1.12. The molecule has 184 valence electrons. The zero-order chi connectivity index (χ0) is 24.7. The van der Waals surface area contributed by atoms with Crippen LogP contribution in [0.25, 0.3) is 22.0 Å². The number of carbonyl (C=O) groups is 1. The predicted molar refractivity (Wildman–Crippen MR) is 144 cm³/mol.